The Labute approximate surface area is 294 Å². The van der Waals surface area contributed by atoms with Gasteiger partial charge in [0.25, 0.3) is 0 Å². The third-order valence-electron chi connectivity index (χ3n) is 9.87. The van der Waals surface area contributed by atoms with Crippen LogP contribution in [0.25, 0.3) is 22.3 Å². The van der Waals surface area contributed by atoms with Crippen molar-refractivity contribution in [1.82, 2.24) is 20.2 Å². The monoisotopic (exact) mass is 684 g/mol. The van der Waals surface area contributed by atoms with Crippen LogP contribution >= 0.6 is 0 Å². The van der Waals surface area contributed by atoms with Gasteiger partial charge in [0.2, 0.25) is 17.7 Å². The molecule has 11 heteroatoms. The number of aromatic nitrogens is 2. The zero-order chi connectivity index (χ0) is 36.0. The minimum Gasteiger partial charge on any atom is -0.497 e. The molecule has 2 saturated carbocycles. The van der Waals surface area contributed by atoms with Crippen molar-refractivity contribution >= 4 is 28.7 Å². The van der Waals surface area contributed by atoms with E-state index in [1.807, 2.05) is 49.4 Å². The number of amides is 2. The highest BCUT2D eigenvalue weighted by molar-refractivity contribution is 5.95. The van der Waals surface area contributed by atoms with Gasteiger partial charge in [-0.05, 0) is 88.8 Å². The molecule has 3 aromatic rings. The number of nitrogens with one attached hydrogen (secondary N) is 1. The average Bonchev–Trinajstić information content (AvgIpc) is 3.69. The fraction of sp³-hybridized carbons (Fsp3) is 0.462. The quantitative estimate of drug-likeness (QED) is 0.113. The van der Waals surface area contributed by atoms with Crippen LogP contribution in [0.3, 0.4) is 0 Å². The first-order chi connectivity index (χ1) is 24.1. The number of aryl methyl sites for hydroxylation is 1. The molecule has 0 bridgehead atoms. The largest absolute Gasteiger partial charge is 0.497 e. The highest BCUT2D eigenvalue weighted by Gasteiger charge is 2.62. The molecular formula is C39H48N4O7. The molecule has 5 rings (SSSR count). The van der Waals surface area contributed by atoms with Gasteiger partial charge < -0.3 is 29.2 Å². The third kappa shape index (κ3) is 7.46. The Bertz CT molecular complexity index is 1740. The van der Waals surface area contributed by atoms with Gasteiger partial charge in [-0.25, -0.2) is 9.78 Å². The van der Waals surface area contributed by atoms with E-state index in [1.54, 1.807) is 39.2 Å². The summed E-state index contributed by atoms with van der Waals surface area (Å²) in [5.74, 6) is -0.476. The molecule has 2 amide bonds. The number of hydrogen-bond donors (Lipinski definition) is 1. The summed E-state index contributed by atoms with van der Waals surface area (Å²) in [7, 11) is 4.98. The molecule has 5 unspecified atom stereocenters. The van der Waals surface area contributed by atoms with E-state index in [2.05, 4.69) is 18.5 Å². The van der Waals surface area contributed by atoms with E-state index in [0.29, 0.717) is 53.5 Å². The topological polar surface area (TPSA) is 129 Å². The van der Waals surface area contributed by atoms with Crippen molar-refractivity contribution in [2.75, 3.05) is 34.4 Å². The lowest BCUT2D eigenvalue weighted by molar-refractivity contribution is -0.150. The molecule has 1 N–H and O–H groups in total. The molecule has 2 aliphatic rings. The van der Waals surface area contributed by atoms with Crippen LogP contribution in [0.4, 0.5) is 0 Å². The van der Waals surface area contributed by atoms with Crippen molar-refractivity contribution in [3.8, 4) is 28.8 Å². The van der Waals surface area contributed by atoms with E-state index in [9.17, 15) is 14.4 Å². The molecule has 0 aliphatic heterocycles. The molecule has 1 heterocycles. The van der Waals surface area contributed by atoms with Crippen molar-refractivity contribution in [3.63, 3.8) is 0 Å². The van der Waals surface area contributed by atoms with E-state index < -0.39 is 29.4 Å². The van der Waals surface area contributed by atoms with E-state index in [1.165, 1.54) is 0 Å². The van der Waals surface area contributed by atoms with Crippen molar-refractivity contribution in [2.45, 2.75) is 64.0 Å². The molecule has 0 radical (unpaired) electrons. The first-order valence-electron chi connectivity index (χ1n) is 17.2. The van der Waals surface area contributed by atoms with E-state index >= 15 is 0 Å². The van der Waals surface area contributed by atoms with Crippen LogP contribution in [0.2, 0.25) is 0 Å². The first kappa shape index (κ1) is 36.4. The Balaban J connectivity index is 1.47. The number of carbonyl (C=O) groups is 3. The molecule has 2 fully saturated rings. The Kier molecular flexibility index (Phi) is 11.4. The Morgan fingerprint density at radius 1 is 1.02 bits per heavy atom. The van der Waals surface area contributed by atoms with Crippen LogP contribution in [0.5, 0.6) is 17.4 Å². The molecule has 0 spiro atoms. The minimum atomic E-state index is -1.18. The molecule has 5 atom stereocenters. The highest BCUT2D eigenvalue weighted by atomic mass is 16.5. The summed E-state index contributed by atoms with van der Waals surface area (Å²) in [4.78, 5) is 52.5. The van der Waals surface area contributed by atoms with Gasteiger partial charge >= 0.3 is 5.97 Å². The van der Waals surface area contributed by atoms with Gasteiger partial charge in [-0.3, -0.25) is 9.59 Å². The molecule has 266 valence electrons. The maximum absolute atomic E-state index is 14.1. The summed E-state index contributed by atoms with van der Waals surface area (Å²) in [6.45, 7) is 12.0. The van der Waals surface area contributed by atoms with Gasteiger partial charge in [0.15, 0.2) is 5.82 Å². The zero-order valence-corrected chi connectivity index (χ0v) is 29.7. The second-order valence-corrected chi connectivity index (χ2v) is 13.1. The maximum atomic E-state index is 14.1. The zero-order valence-electron chi connectivity index (χ0n) is 29.7. The number of methoxy groups -OCH3 is 2. The number of unbranched alkanes of at least 4 members (excludes halogenated alkanes) is 2. The molecule has 11 nitrogen and oxygen atoms in total. The van der Waals surface area contributed by atoms with Crippen molar-refractivity contribution in [3.05, 3.63) is 67.3 Å². The van der Waals surface area contributed by atoms with Crippen molar-refractivity contribution in [2.24, 2.45) is 17.8 Å². The molecule has 2 aromatic carbocycles. The number of allylic oxidation sites excluding steroid dienone is 1. The number of carbonyl (C=O) groups excluding carboxylic acids is 3. The van der Waals surface area contributed by atoms with Crippen LogP contribution in [-0.2, 0) is 19.1 Å². The Hall–Kier alpha value is -4.93. The summed E-state index contributed by atoms with van der Waals surface area (Å²) in [6.07, 6.45) is 6.54. The minimum absolute atomic E-state index is 0.136. The fourth-order valence-electron chi connectivity index (χ4n) is 6.88. The molecule has 2 aliphatic carbocycles. The van der Waals surface area contributed by atoms with Crippen molar-refractivity contribution in [1.29, 1.82) is 0 Å². The van der Waals surface area contributed by atoms with Gasteiger partial charge in [0, 0.05) is 30.6 Å². The first-order valence-corrected chi connectivity index (χ1v) is 17.2. The molecule has 50 heavy (non-hydrogen) atoms. The van der Waals surface area contributed by atoms with Gasteiger partial charge in [0.05, 0.1) is 43.6 Å². The lowest BCUT2D eigenvalue weighted by Gasteiger charge is -2.26. The lowest BCUT2D eigenvalue weighted by Crippen LogP contribution is -2.50. The normalized spacial score (nSPS) is 22.3. The third-order valence-corrected chi connectivity index (χ3v) is 9.87. The summed E-state index contributed by atoms with van der Waals surface area (Å²) in [5, 5.41) is 3.66. The Morgan fingerprint density at radius 3 is 2.40 bits per heavy atom. The second kappa shape index (κ2) is 15.7. The van der Waals surface area contributed by atoms with Crippen LogP contribution in [0.15, 0.2) is 61.7 Å². The van der Waals surface area contributed by atoms with E-state index in [-0.39, 0.29) is 30.8 Å². The fourth-order valence-corrected chi connectivity index (χ4v) is 6.88. The molecule has 0 saturated heterocycles. The van der Waals surface area contributed by atoms with Crippen molar-refractivity contribution < 1.29 is 33.3 Å². The molecular weight excluding hydrogens is 636 g/mol. The predicted molar refractivity (Wildman–Crippen MR) is 191 cm³/mol. The average molecular weight is 685 g/mol. The number of fused-ring (bicyclic) bond motifs is 1. The van der Waals surface area contributed by atoms with Crippen LogP contribution in [0.1, 0.15) is 51.0 Å². The maximum Gasteiger partial charge on any atom is 0.332 e. The standard InChI is InChI=1S/C39H48N4O7/c1-8-11-12-13-20-43(5)37(45)31-22-28(21-30(31)35(44)42-39(23-26(39)9-2)38(46)49-10-3)50-36-29-18-19-32(48-7)24(4)33(29)40-34(41-36)25-14-16-27(47-6)17-15-25/h8-9,14-19,26,28,30-31H,1-2,10-13,20-23H2,3-7H3,(H,42,44). The number of hydrogen-bond acceptors (Lipinski definition) is 9. The second-order valence-electron chi connectivity index (χ2n) is 13.1. The highest BCUT2D eigenvalue weighted by Crippen LogP contribution is 2.47. The van der Waals surface area contributed by atoms with Gasteiger partial charge in [-0.1, -0.05) is 12.2 Å². The number of rotatable bonds is 16. The summed E-state index contributed by atoms with van der Waals surface area (Å²) < 4.78 is 22.9. The van der Waals surface area contributed by atoms with Crippen LogP contribution in [-0.4, -0.2) is 78.7 Å². The number of benzene rings is 2. The Morgan fingerprint density at radius 2 is 1.76 bits per heavy atom. The van der Waals surface area contributed by atoms with Crippen LogP contribution < -0.4 is 19.5 Å². The lowest BCUT2D eigenvalue weighted by atomic mass is 9.93. The summed E-state index contributed by atoms with van der Waals surface area (Å²) in [5.41, 5.74) is 1.08. The smallest absolute Gasteiger partial charge is 0.332 e. The number of esters is 1. The number of ether oxygens (including phenoxy) is 4. The molecule has 1 aromatic heterocycles. The predicted octanol–water partition coefficient (Wildman–Crippen LogP) is 5.83. The van der Waals surface area contributed by atoms with Crippen LogP contribution in [0, 0.1) is 24.7 Å². The van der Waals surface area contributed by atoms with E-state index in [4.69, 9.17) is 28.9 Å². The summed E-state index contributed by atoms with van der Waals surface area (Å²) >= 11 is 0. The van der Waals surface area contributed by atoms with Gasteiger partial charge in [-0.15, -0.1) is 13.2 Å². The van der Waals surface area contributed by atoms with E-state index in [0.717, 1.165) is 30.4 Å². The van der Waals surface area contributed by atoms with Gasteiger partial charge in [0.1, 0.15) is 23.1 Å². The summed E-state index contributed by atoms with van der Waals surface area (Å²) in [6, 6.07) is 11.1. The number of nitrogens with zero attached hydrogens (tertiary/aromatic N) is 3. The van der Waals surface area contributed by atoms with Gasteiger partial charge in [-0.2, -0.15) is 4.98 Å². The SMILES string of the molecule is C=CCCCCN(C)C(=O)C1CC(Oc2nc(-c3ccc(OC)cc3)nc3c(C)c(OC)ccc23)CC1C(=O)NC1(C(=O)OCC)CC1C=C.